The minimum Gasteiger partial charge on any atom is -0.494 e. The molecule has 110 valence electrons. The van der Waals surface area contributed by atoms with Crippen molar-refractivity contribution in [3.05, 3.63) is 29.8 Å². The number of hydrogen-bond acceptors (Lipinski definition) is 5. The standard InChI is InChI=1S/C15H21NO4/c1-4-9-20-12-7-5-11(6-8-12)15(18)13(16-2)10-14(17)19-3/h5-8,13,16H,4,9-10H2,1-3H3. The summed E-state index contributed by atoms with van der Waals surface area (Å²) in [6.45, 7) is 2.68. The van der Waals surface area contributed by atoms with Crippen molar-refractivity contribution in [3.8, 4) is 5.75 Å². The van der Waals surface area contributed by atoms with E-state index in [-0.39, 0.29) is 12.2 Å². The van der Waals surface area contributed by atoms with Crippen LogP contribution >= 0.6 is 0 Å². The molecule has 0 amide bonds. The molecule has 0 aromatic heterocycles. The fourth-order valence-corrected chi connectivity index (χ4v) is 1.71. The Kier molecular flexibility index (Phi) is 6.73. The number of Topliss-reactive ketones (excluding diaryl/α,β-unsaturated/α-hetero) is 1. The van der Waals surface area contributed by atoms with Crippen LogP contribution in [-0.4, -0.2) is 38.6 Å². The summed E-state index contributed by atoms with van der Waals surface area (Å²) >= 11 is 0. The first-order valence-corrected chi connectivity index (χ1v) is 6.63. The molecule has 5 nitrogen and oxygen atoms in total. The Bertz CT molecular complexity index is 442. The van der Waals surface area contributed by atoms with Crippen molar-refractivity contribution in [3.63, 3.8) is 0 Å². The quantitative estimate of drug-likeness (QED) is 0.581. The SMILES string of the molecule is CCCOc1ccc(C(=O)C(CC(=O)OC)NC)cc1. The first kappa shape index (κ1) is 16.2. The van der Waals surface area contributed by atoms with Crippen molar-refractivity contribution in [1.29, 1.82) is 0 Å². The molecular formula is C15H21NO4. The fraction of sp³-hybridized carbons (Fsp3) is 0.467. The molecule has 1 aromatic carbocycles. The maximum absolute atomic E-state index is 12.2. The monoisotopic (exact) mass is 279 g/mol. The average molecular weight is 279 g/mol. The fourth-order valence-electron chi connectivity index (χ4n) is 1.71. The van der Waals surface area contributed by atoms with Gasteiger partial charge in [0.2, 0.25) is 0 Å². The normalized spacial score (nSPS) is 11.8. The number of esters is 1. The van der Waals surface area contributed by atoms with Gasteiger partial charge in [-0.05, 0) is 37.7 Å². The van der Waals surface area contributed by atoms with E-state index in [0.717, 1.165) is 12.2 Å². The van der Waals surface area contributed by atoms with Crippen LogP contribution in [0.3, 0.4) is 0 Å². The number of likely N-dealkylation sites (N-methyl/N-ethyl adjacent to an activating group) is 1. The smallest absolute Gasteiger partial charge is 0.307 e. The zero-order valence-electron chi connectivity index (χ0n) is 12.1. The molecule has 1 aromatic rings. The van der Waals surface area contributed by atoms with Gasteiger partial charge in [0.15, 0.2) is 5.78 Å². The molecule has 0 aliphatic heterocycles. The molecule has 1 atom stereocenters. The zero-order valence-corrected chi connectivity index (χ0v) is 12.1. The van der Waals surface area contributed by atoms with E-state index >= 15 is 0 Å². The molecular weight excluding hydrogens is 258 g/mol. The van der Waals surface area contributed by atoms with Crippen LogP contribution in [0.1, 0.15) is 30.1 Å². The van der Waals surface area contributed by atoms with Crippen LogP contribution in [0, 0.1) is 0 Å². The molecule has 0 bridgehead atoms. The molecule has 0 aliphatic carbocycles. The van der Waals surface area contributed by atoms with Gasteiger partial charge in [0.05, 0.1) is 26.2 Å². The van der Waals surface area contributed by atoms with Gasteiger partial charge in [0, 0.05) is 5.56 Å². The Morgan fingerprint density at radius 3 is 2.40 bits per heavy atom. The summed E-state index contributed by atoms with van der Waals surface area (Å²) in [6, 6.07) is 6.34. The van der Waals surface area contributed by atoms with Gasteiger partial charge in [0.1, 0.15) is 5.75 Å². The number of carbonyl (C=O) groups excluding carboxylic acids is 2. The van der Waals surface area contributed by atoms with Gasteiger partial charge in [-0.1, -0.05) is 6.92 Å². The summed E-state index contributed by atoms with van der Waals surface area (Å²) in [5.74, 6) is 0.179. The highest BCUT2D eigenvalue weighted by atomic mass is 16.5. The molecule has 0 saturated carbocycles. The van der Waals surface area contributed by atoms with Gasteiger partial charge in [-0.3, -0.25) is 9.59 Å². The van der Waals surface area contributed by atoms with Gasteiger partial charge < -0.3 is 14.8 Å². The van der Waals surface area contributed by atoms with Crippen molar-refractivity contribution < 1.29 is 19.1 Å². The number of carbonyl (C=O) groups is 2. The first-order valence-electron chi connectivity index (χ1n) is 6.63. The maximum Gasteiger partial charge on any atom is 0.307 e. The lowest BCUT2D eigenvalue weighted by molar-refractivity contribution is -0.140. The summed E-state index contributed by atoms with van der Waals surface area (Å²) in [5, 5.41) is 2.83. The largest absolute Gasteiger partial charge is 0.494 e. The highest BCUT2D eigenvalue weighted by molar-refractivity contribution is 6.01. The summed E-state index contributed by atoms with van der Waals surface area (Å²) in [4.78, 5) is 23.5. The van der Waals surface area contributed by atoms with Crippen LogP contribution in [0.25, 0.3) is 0 Å². The van der Waals surface area contributed by atoms with Gasteiger partial charge in [0.25, 0.3) is 0 Å². The van der Waals surface area contributed by atoms with Gasteiger partial charge in [-0.2, -0.15) is 0 Å². The van der Waals surface area contributed by atoms with Crippen molar-refractivity contribution in [2.24, 2.45) is 0 Å². The molecule has 5 heteroatoms. The molecule has 20 heavy (non-hydrogen) atoms. The van der Waals surface area contributed by atoms with E-state index in [1.165, 1.54) is 7.11 Å². The lowest BCUT2D eigenvalue weighted by Gasteiger charge is -2.14. The number of hydrogen-bond donors (Lipinski definition) is 1. The van der Waals surface area contributed by atoms with Gasteiger partial charge >= 0.3 is 5.97 Å². The van der Waals surface area contributed by atoms with Gasteiger partial charge in [-0.25, -0.2) is 0 Å². The predicted octanol–water partition coefficient (Wildman–Crippen LogP) is 1.81. The number of ether oxygens (including phenoxy) is 2. The molecule has 0 fully saturated rings. The topological polar surface area (TPSA) is 64.6 Å². The van der Waals surface area contributed by atoms with Gasteiger partial charge in [-0.15, -0.1) is 0 Å². The van der Waals surface area contributed by atoms with Crippen LogP contribution in [-0.2, 0) is 9.53 Å². The third-order valence-corrected chi connectivity index (χ3v) is 2.88. The summed E-state index contributed by atoms with van der Waals surface area (Å²) in [6.07, 6.45) is 0.946. The second-order valence-electron chi connectivity index (χ2n) is 4.36. The van der Waals surface area contributed by atoms with Crippen LogP contribution in [0.4, 0.5) is 0 Å². The second kappa shape index (κ2) is 8.32. The van der Waals surface area contributed by atoms with Crippen molar-refractivity contribution in [1.82, 2.24) is 5.32 Å². The minimum atomic E-state index is -0.579. The summed E-state index contributed by atoms with van der Waals surface area (Å²) in [5.41, 5.74) is 0.539. The molecule has 0 radical (unpaired) electrons. The number of ketones is 1. The molecule has 0 spiro atoms. The number of rotatable bonds is 8. The van der Waals surface area contributed by atoms with E-state index in [9.17, 15) is 9.59 Å². The van der Waals surface area contributed by atoms with Crippen molar-refractivity contribution in [2.45, 2.75) is 25.8 Å². The van der Waals surface area contributed by atoms with Crippen LogP contribution < -0.4 is 10.1 Å². The van der Waals surface area contributed by atoms with E-state index < -0.39 is 12.0 Å². The van der Waals surface area contributed by atoms with E-state index in [1.54, 1.807) is 31.3 Å². The molecule has 1 unspecified atom stereocenters. The van der Waals surface area contributed by atoms with E-state index in [4.69, 9.17) is 4.74 Å². The van der Waals surface area contributed by atoms with E-state index in [0.29, 0.717) is 12.2 Å². The third kappa shape index (κ3) is 4.66. The average Bonchev–Trinajstić information content (AvgIpc) is 2.50. The van der Waals surface area contributed by atoms with Crippen molar-refractivity contribution >= 4 is 11.8 Å². The van der Waals surface area contributed by atoms with Crippen molar-refractivity contribution in [2.75, 3.05) is 20.8 Å². The Labute approximate surface area is 119 Å². The Balaban J connectivity index is 2.72. The molecule has 0 saturated heterocycles. The van der Waals surface area contributed by atoms with Crippen LogP contribution in [0.2, 0.25) is 0 Å². The highest BCUT2D eigenvalue weighted by Gasteiger charge is 2.21. The number of nitrogens with one attached hydrogen (secondary N) is 1. The summed E-state index contributed by atoms with van der Waals surface area (Å²) < 4.78 is 10.0. The summed E-state index contributed by atoms with van der Waals surface area (Å²) in [7, 11) is 2.95. The Morgan fingerprint density at radius 2 is 1.90 bits per heavy atom. The molecule has 1 N–H and O–H groups in total. The van der Waals surface area contributed by atoms with Crippen LogP contribution in [0.15, 0.2) is 24.3 Å². The maximum atomic E-state index is 12.2. The van der Waals surface area contributed by atoms with Crippen LogP contribution in [0.5, 0.6) is 5.75 Å². The zero-order chi connectivity index (χ0) is 15.0. The lowest BCUT2D eigenvalue weighted by atomic mass is 10.0. The first-order chi connectivity index (χ1) is 9.62. The lowest BCUT2D eigenvalue weighted by Crippen LogP contribution is -2.36. The molecule has 0 heterocycles. The molecule has 0 aliphatic rings. The third-order valence-electron chi connectivity index (χ3n) is 2.88. The predicted molar refractivity (Wildman–Crippen MR) is 76.0 cm³/mol. The van der Waals surface area contributed by atoms with E-state index in [2.05, 4.69) is 10.1 Å². The second-order valence-corrected chi connectivity index (χ2v) is 4.36. The Hall–Kier alpha value is -1.88. The minimum absolute atomic E-state index is 0.0138. The number of methoxy groups -OCH3 is 1. The molecule has 1 rings (SSSR count). The Morgan fingerprint density at radius 1 is 1.25 bits per heavy atom. The number of benzene rings is 1. The van der Waals surface area contributed by atoms with E-state index in [1.807, 2.05) is 6.92 Å². The highest BCUT2D eigenvalue weighted by Crippen LogP contribution is 2.14.